The minimum absolute atomic E-state index is 0.155. The molecule has 0 aliphatic rings. The molecular weight excluding hydrogens is 394 g/mol. The Morgan fingerprint density at radius 2 is 1.71 bits per heavy atom. The molecular formula is C18H20F2N2O5S. The molecule has 0 saturated carbocycles. The molecule has 0 saturated heterocycles. The molecule has 0 spiro atoms. The lowest BCUT2D eigenvalue weighted by Crippen LogP contribution is -2.45. The lowest BCUT2D eigenvalue weighted by molar-refractivity contribution is -0.116. The van der Waals surface area contributed by atoms with Gasteiger partial charge in [-0.05, 0) is 31.2 Å². The standard InChI is InChI=1S/C18H20F2N2O5S/c1-11(18(23)21-15-7-5-12(19)9-14(15)20)22(28(4,24)25)13-6-8-16(26-2)17(10-13)27-3/h5-11H,1-4H3,(H,21,23). The van der Waals surface area contributed by atoms with E-state index in [1.807, 2.05) is 0 Å². The minimum atomic E-state index is -3.89. The first-order chi connectivity index (χ1) is 13.1. The van der Waals surface area contributed by atoms with E-state index in [4.69, 9.17) is 9.47 Å². The third-order valence-electron chi connectivity index (χ3n) is 3.90. The molecule has 0 aliphatic heterocycles. The molecule has 1 unspecified atom stereocenters. The highest BCUT2D eigenvalue weighted by molar-refractivity contribution is 7.92. The summed E-state index contributed by atoms with van der Waals surface area (Å²) in [4.78, 5) is 12.6. The van der Waals surface area contributed by atoms with Gasteiger partial charge in [-0.25, -0.2) is 17.2 Å². The third-order valence-corrected chi connectivity index (χ3v) is 5.14. The van der Waals surface area contributed by atoms with Crippen LogP contribution in [-0.2, 0) is 14.8 Å². The van der Waals surface area contributed by atoms with E-state index in [1.54, 1.807) is 0 Å². The van der Waals surface area contributed by atoms with E-state index in [0.29, 0.717) is 11.8 Å². The molecule has 2 aromatic rings. The van der Waals surface area contributed by atoms with E-state index in [-0.39, 0.29) is 17.1 Å². The maximum Gasteiger partial charge on any atom is 0.248 e. The Bertz CT molecular complexity index is 982. The zero-order valence-corrected chi connectivity index (χ0v) is 16.5. The van der Waals surface area contributed by atoms with Crippen LogP contribution in [0.3, 0.4) is 0 Å². The maximum atomic E-state index is 13.8. The van der Waals surface area contributed by atoms with Crippen LogP contribution < -0.4 is 19.1 Å². The number of halogens is 2. The van der Waals surface area contributed by atoms with Gasteiger partial charge in [-0.2, -0.15) is 0 Å². The zero-order valence-electron chi connectivity index (χ0n) is 15.7. The summed E-state index contributed by atoms with van der Waals surface area (Å²) in [5.41, 5.74) is -0.110. The second-order valence-corrected chi connectivity index (χ2v) is 7.75. The minimum Gasteiger partial charge on any atom is -0.493 e. The average Bonchev–Trinajstić information content (AvgIpc) is 2.62. The first-order valence-electron chi connectivity index (χ1n) is 8.05. The molecule has 0 radical (unpaired) electrons. The smallest absolute Gasteiger partial charge is 0.248 e. The van der Waals surface area contributed by atoms with Crippen molar-refractivity contribution in [3.63, 3.8) is 0 Å². The molecule has 0 aromatic heterocycles. The predicted octanol–water partition coefficient (Wildman–Crippen LogP) is 2.78. The highest BCUT2D eigenvalue weighted by atomic mass is 32.2. The van der Waals surface area contributed by atoms with Crippen LogP contribution in [0.25, 0.3) is 0 Å². The Morgan fingerprint density at radius 1 is 1.07 bits per heavy atom. The highest BCUT2D eigenvalue weighted by Crippen LogP contribution is 2.33. The van der Waals surface area contributed by atoms with Crippen LogP contribution in [0, 0.1) is 11.6 Å². The number of amides is 1. The molecule has 2 aromatic carbocycles. The van der Waals surface area contributed by atoms with Crippen molar-refractivity contribution in [3.8, 4) is 11.5 Å². The van der Waals surface area contributed by atoms with Crippen LogP contribution in [0.2, 0.25) is 0 Å². The van der Waals surface area contributed by atoms with Gasteiger partial charge in [0.05, 0.1) is 31.9 Å². The van der Waals surface area contributed by atoms with Gasteiger partial charge in [0.15, 0.2) is 11.5 Å². The maximum absolute atomic E-state index is 13.8. The van der Waals surface area contributed by atoms with Crippen molar-refractivity contribution in [3.05, 3.63) is 48.0 Å². The van der Waals surface area contributed by atoms with Crippen molar-refractivity contribution in [2.75, 3.05) is 30.1 Å². The Kier molecular flexibility index (Phi) is 6.45. The summed E-state index contributed by atoms with van der Waals surface area (Å²) in [5.74, 6) is -1.93. The average molecular weight is 414 g/mol. The molecule has 0 heterocycles. The summed E-state index contributed by atoms with van der Waals surface area (Å²) >= 11 is 0. The van der Waals surface area contributed by atoms with E-state index < -0.39 is 33.6 Å². The van der Waals surface area contributed by atoms with Gasteiger partial charge in [-0.3, -0.25) is 9.10 Å². The van der Waals surface area contributed by atoms with Crippen molar-refractivity contribution in [1.82, 2.24) is 0 Å². The monoisotopic (exact) mass is 414 g/mol. The first kappa shape index (κ1) is 21.4. The van der Waals surface area contributed by atoms with Gasteiger partial charge in [0.25, 0.3) is 0 Å². The zero-order chi connectivity index (χ0) is 21.1. The number of benzene rings is 2. The van der Waals surface area contributed by atoms with E-state index >= 15 is 0 Å². The Hall–Kier alpha value is -2.88. The summed E-state index contributed by atoms with van der Waals surface area (Å²) < 4.78 is 62.7. The molecule has 152 valence electrons. The van der Waals surface area contributed by atoms with Crippen LogP contribution in [0.5, 0.6) is 11.5 Å². The molecule has 0 bridgehead atoms. The molecule has 1 atom stereocenters. The predicted molar refractivity (Wildman–Crippen MR) is 101 cm³/mol. The third kappa shape index (κ3) is 4.69. The summed E-state index contributed by atoms with van der Waals surface area (Å²) in [6, 6.07) is 5.76. The highest BCUT2D eigenvalue weighted by Gasteiger charge is 2.30. The van der Waals surface area contributed by atoms with Crippen molar-refractivity contribution >= 4 is 27.3 Å². The van der Waals surface area contributed by atoms with Crippen molar-refractivity contribution in [2.24, 2.45) is 0 Å². The number of ether oxygens (including phenoxy) is 2. The van der Waals surface area contributed by atoms with Gasteiger partial charge in [0.1, 0.15) is 17.7 Å². The second kappa shape index (κ2) is 8.42. The number of carbonyl (C=O) groups excluding carboxylic acids is 1. The molecule has 7 nitrogen and oxygen atoms in total. The van der Waals surface area contributed by atoms with Gasteiger partial charge < -0.3 is 14.8 Å². The van der Waals surface area contributed by atoms with E-state index in [2.05, 4.69) is 5.32 Å². The van der Waals surface area contributed by atoms with Crippen molar-refractivity contribution < 1.29 is 31.5 Å². The summed E-state index contributed by atoms with van der Waals surface area (Å²) in [6.07, 6.45) is 0.936. The van der Waals surface area contributed by atoms with Gasteiger partial charge in [-0.15, -0.1) is 0 Å². The van der Waals surface area contributed by atoms with Crippen molar-refractivity contribution in [1.29, 1.82) is 0 Å². The van der Waals surface area contributed by atoms with Crippen molar-refractivity contribution in [2.45, 2.75) is 13.0 Å². The fourth-order valence-corrected chi connectivity index (χ4v) is 3.77. The largest absolute Gasteiger partial charge is 0.493 e. The molecule has 10 heteroatoms. The number of hydrogen-bond donors (Lipinski definition) is 1. The Labute approximate surface area is 161 Å². The summed E-state index contributed by atoms with van der Waals surface area (Å²) in [7, 11) is -1.08. The summed E-state index contributed by atoms with van der Waals surface area (Å²) in [5, 5.41) is 2.27. The fourth-order valence-electron chi connectivity index (χ4n) is 2.60. The normalized spacial score (nSPS) is 12.2. The Morgan fingerprint density at radius 3 is 2.25 bits per heavy atom. The quantitative estimate of drug-likeness (QED) is 0.753. The summed E-state index contributed by atoms with van der Waals surface area (Å²) in [6.45, 7) is 1.34. The number of nitrogens with one attached hydrogen (secondary N) is 1. The van der Waals surface area contributed by atoms with Crippen LogP contribution in [0.4, 0.5) is 20.2 Å². The number of sulfonamides is 1. The van der Waals surface area contributed by atoms with Crippen LogP contribution in [0.15, 0.2) is 36.4 Å². The molecule has 2 rings (SSSR count). The molecule has 0 aliphatic carbocycles. The van der Waals surface area contributed by atoms with Gasteiger partial charge in [0, 0.05) is 12.1 Å². The number of methoxy groups -OCH3 is 2. The molecule has 28 heavy (non-hydrogen) atoms. The first-order valence-corrected chi connectivity index (χ1v) is 9.90. The second-order valence-electron chi connectivity index (χ2n) is 5.89. The molecule has 1 amide bonds. The number of rotatable bonds is 7. The van der Waals surface area contributed by atoms with Crippen LogP contribution >= 0.6 is 0 Å². The van der Waals surface area contributed by atoms with E-state index in [9.17, 15) is 22.0 Å². The number of carbonyl (C=O) groups is 1. The van der Waals surface area contributed by atoms with Gasteiger partial charge >= 0.3 is 0 Å². The lowest BCUT2D eigenvalue weighted by Gasteiger charge is -2.28. The number of anilines is 2. The van der Waals surface area contributed by atoms with Crippen LogP contribution in [-0.4, -0.2) is 40.8 Å². The number of nitrogens with zero attached hydrogens (tertiary/aromatic N) is 1. The number of hydrogen-bond acceptors (Lipinski definition) is 5. The fraction of sp³-hybridized carbons (Fsp3) is 0.278. The van der Waals surface area contributed by atoms with Crippen LogP contribution in [0.1, 0.15) is 6.92 Å². The molecule has 1 N–H and O–H groups in total. The molecule has 0 fully saturated rings. The Balaban J connectivity index is 2.39. The van der Waals surface area contributed by atoms with E-state index in [0.717, 1.165) is 22.7 Å². The van der Waals surface area contributed by atoms with Gasteiger partial charge in [0.2, 0.25) is 15.9 Å². The van der Waals surface area contributed by atoms with E-state index in [1.165, 1.54) is 39.3 Å². The SMILES string of the molecule is COc1ccc(N(C(C)C(=O)Nc2ccc(F)cc2F)S(C)(=O)=O)cc1OC. The van der Waals surface area contributed by atoms with Gasteiger partial charge in [-0.1, -0.05) is 0 Å². The topological polar surface area (TPSA) is 84.9 Å². The lowest BCUT2D eigenvalue weighted by atomic mass is 10.2.